The molecule has 0 radical (unpaired) electrons. The van der Waals surface area contributed by atoms with Crippen LogP contribution in [0.2, 0.25) is 0 Å². The number of nitrogens with one attached hydrogen (secondary N) is 1. The molecule has 0 amide bonds. The van der Waals surface area contributed by atoms with Gasteiger partial charge in [0.1, 0.15) is 5.72 Å². The second kappa shape index (κ2) is 5.31. The zero-order valence-corrected chi connectivity index (χ0v) is 14.8. The van der Waals surface area contributed by atoms with Crippen LogP contribution in [0, 0.1) is 11.8 Å². The van der Waals surface area contributed by atoms with Crippen molar-refractivity contribution in [3.63, 3.8) is 0 Å². The molecule has 1 saturated carbocycles. The van der Waals surface area contributed by atoms with Crippen molar-refractivity contribution in [3.8, 4) is 0 Å². The fraction of sp³-hybridized carbons (Fsp3) is 0.565. The molecule has 25 heavy (non-hydrogen) atoms. The van der Waals surface area contributed by atoms with Crippen LogP contribution < -0.4 is 5.32 Å². The molecule has 2 aliphatic heterocycles. The summed E-state index contributed by atoms with van der Waals surface area (Å²) in [6, 6.07) is 13.7. The van der Waals surface area contributed by atoms with Crippen LogP contribution in [0.1, 0.15) is 55.6 Å². The van der Waals surface area contributed by atoms with Crippen molar-refractivity contribution >= 4 is 10.8 Å². The van der Waals surface area contributed by atoms with E-state index in [1.165, 1.54) is 55.7 Å². The maximum absolute atomic E-state index is 6.70. The Labute approximate surface area is 149 Å². The second-order valence-corrected chi connectivity index (χ2v) is 8.80. The van der Waals surface area contributed by atoms with Gasteiger partial charge in [-0.3, -0.25) is 5.32 Å². The van der Waals surface area contributed by atoms with Gasteiger partial charge in [-0.1, -0.05) is 36.4 Å². The van der Waals surface area contributed by atoms with E-state index in [2.05, 4.69) is 41.7 Å². The first-order valence-electron chi connectivity index (χ1n) is 10.3. The average molecular weight is 333 g/mol. The molecule has 5 atom stereocenters. The summed E-state index contributed by atoms with van der Waals surface area (Å²) < 4.78 is 6.70. The highest BCUT2D eigenvalue weighted by molar-refractivity contribution is 5.87. The summed E-state index contributed by atoms with van der Waals surface area (Å²) in [4.78, 5) is 0. The van der Waals surface area contributed by atoms with Crippen LogP contribution in [0.3, 0.4) is 0 Å². The Morgan fingerprint density at radius 3 is 2.92 bits per heavy atom. The summed E-state index contributed by atoms with van der Waals surface area (Å²) >= 11 is 0. The van der Waals surface area contributed by atoms with Gasteiger partial charge in [0.05, 0.1) is 6.10 Å². The quantitative estimate of drug-likeness (QED) is 0.750. The number of ether oxygens (including phenoxy) is 1. The predicted molar refractivity (Wildman–Crippen MR) is 101 cm³/mol. The molecule has 2 aromatic carbocycles. The Bertz CT molecular complexity index is 822. The standard InChI is InChI=1S/C23H27NO/c1-2-6-16-15(5-1)7-8-18-17(16)9-10-19-20(18)13-22-21(19)14-23(25-22)11-3-4-12-24-23/h1-2,5-8,19-22,24H,3-4,9-14H2. The van der Waals surface area contributed by atoms with Crippen molar-refractivity contribution in [3.05, 3.63) is 47.5 Å². The summed E-state index contributed by atoms with van der Waals surface area (Å²) in [6.07, 6.45) is 9.44. The highest BCUT2D eigenvalue weighted by atomic mass is 16.5. The van der Waals surface area contributed by atoms with E-state index in [0.717, 1.165) is 24.3 Å². The van der Waals surface area contributed by atoms with Crippen molar-refractivity contribution < 1.29 is 4.74 Å². The van der Waals surface area contributed by atoms with Gasteiger partial charge in [0, 0.05) is 0 Å². The molecule has 2 aliphatic carbocycles. The number of hydrogen-bond acceptors (Lipinski definition) is 2. The first kappa shape index (κ1) is 14.8. The Morgan fingerprint density at radius 2 is 2.00 bits per heavy atom. The topological polar surface area (TPSA) is 21.3 Å². The number of fused-ring (bicyclic) bond motifs is 7. The van der Waals surface area contributed by atoms with Crippen molar-refractivity contribution in [2.75, 3.05) is 6.54 Å². The number of hydrogen-bond donors (Lipinski definition) is 1. The molecule has 6 rings (SSSR count). The molecule has 2 aromatic rings. The zero-order valence-electron chi connectivity index (χ0n) is 14.8. The number of benzene rings is 2. The summed E-state index contributed by atoms with van der Waals surface area (Å²) in [5.74, 6) is 2.33. The van der Waals surface area contributed by atoms with Crippen molar-refractivity contribution in [1.82, 2.24) is 5.32 Å². The molecule has 2 nitrogen and oxygen atoms in total. The van der Waals surface area contributed by atoms with Gasteiger partial charge in [0.25, 0.3) is 0 Å². The fourth-order valence-electron chi connectivity index (χ4n) is 6.59. The van der Waals surface area contributed by atoms with E-state index in [1.54, 1.807) is 11.1 Å². The zero-order chi connectivity index (χ0) is 16.4. The van der Waals surface area contributed by atoms with Gasteiger partial charge in [-0.15, -0.1) is 0 Å². The Kier molecular flexibility index (Phi) is 3.13. The van der Waals surface area contributed by atoms with Gasteiger partial charge in [0.15, 0.2) is 0 Å². The lowest BCUT2D eigenvalue weighted by atomic mass is 9.72. The van der Waals surface area contributed by atoms with E-state index in [4.69, 9.17) is 4.74 Å². The van der Waals surface area contributed by atoms with E-state index in [-0.39, 0.29) is 5.72 Å². The fourth-order valence-corrected chi connectivity index (χ4v) is 6.59. The van der Waals surface area contributed by atoms with Crippen molar-refractivity contribution in [2.45, 2.75) is 62.7 Å². The molecule has 130 valence electrons. The summed E-state index contributed by atoms with van der Waals surface area (Å²) in [7, 11) is 0. The molecular weight excluding hydrogens is 306 g/mol. The summed E-state index contributed by atoms with van der Waals surface area (Å²) in [5, 5.41) is 6.63. The number of aryl methyl sites for hydroxylation is 1. The van der Waals surface area contributed by atoms with Gasteiger partial charge in [0.2, 0.25) is 0 Å². The Balaban J connectivity index is 1.35. The van der Waals surface area contributed by atoms with Crippen molar-refractivity contribution in [1.29, 1.82) is 0 Å². The molecule has 0 aromatic heterocycles. The van der Waals surface area contributed by atoms with Gasteiger partial charge >= 0.3 is 0 Å². The minimum absolute atomic E-state index is 0.0300. The predicted octanol–water partition coefficient (Wildman–Crippen LogP) is 4.76. The monoisotopic (exact) mass is 333 g/mol. The maximum atomic E-state index is 6.70. The van der Waals surface area contributed by atoms with Crippen LogP contribution in [0.15, 0.2) is 36.4 Å². The molecule has 5 unspecified atom stereocenters. The first-order chi connectivity index (χ1) is 12.3. The van der Waals surface area contributed by atoms with Crippen LogP contribution >= 0.6 is 0 Å². The molecule has 2 heteroatoms. The molecule has 1 spiro atoms. The second-order valence-electron chi connectivity index (χ2n) is 8.80. The summed E-state index contributed by atoms with van der Waals surface area (Å²) in [6.45, 7) is 1.14. The largest absolute Gasteiger partial charge is 0.357 e. The van der Waals surface area contributed by atoms with Gasteiger partial charge in [-0.05, 0) is 91.1 Å². The van der Waals surface area contributed by atoms with E-state index in [0.29, 0.717) is 6.10 Å². The minimum atomic E-state index is 0.0300. The third kappa shape index (κ3) is 2.10. The highest BCUT2D eigenvalue weighted by Crippen LogP contribution is 2.58. The molecule has 0 bridgehead atoms. The molecule has 3 fully saturated rings. The normalized spacial score (nSPS) is 39.4. The molecular formula is C23H27NO. The SMILES string of the molecule is c1ccc2c3c(ccc2c1)C1CC2OC4(CCCCN4)CC2C1CC3. The number of rotatable bonds is 0. The van der Waals surface area contributed by atoms with Crippen LogP contribution in [-0.4, -0.2) is 18.4 Å². The van der Waals surface area contributed by atoms with E-state index < -0.39 is 0 Å². The molecule has 1 N–H and O–H groups in total. The Hall–Kier alpha value is -1.38. The average Bonchev–Trinajstić information content (AvgIpc) is 3.16. The summed E-state index contributed by atoms with van der Waals surface area (Å²) in [5.41, 5.74) is 3.30. The van der Waals surface area contributed by atoms with Gasteiger partial charge < -0.3 is 4.74 Å². The number of piperidine rings is 1. The van der Waals surface area contributed by atoms with E-state index >= 15 is 0 Å². The lowest BCUT2D eigenvalue weighted by Crippen LogP contribution is -2.49. The minimum Gasteiger partial charge on any atom is -0.357 e. The molecule has 2 saturated heterocycles. The molecule has 4 aliphatic rings. The maximum Gasteiger partial charge on any atom is 0.119 e. The third-order valence-corrected chi connectivity index (χ3v) is 7.63. The van der Waals surface area contributed by atoms with Crippen LogP contribution in [0.4, 0.5) is 0 Å². The lowest BCUT2D eigenvalue weighted by Gasteiger charge is -2.37. The first-order valence-corrected chi connectivity index (χ1v) is 10.3. The van der Waals surface area contributed by atoms with E-state index in [1.807, 2.05) is 0 Å². The lowest BCUT2D eigenvalue weighted by molar-refractivity contribution is -0.0815. The van der Waals surface area contributed by atoms with Crippen molar-refractivity contribution in [2.24, 2.45) is 11.8 Å². The van der Waals surface area contributed by atoms with E-state index in [9.17, 15) is 0 Å². The molecule has 2 heterocycles. The van der Waals surface area contributed by atoms with Crippen LogP contribution in [0.5, 0.6) is 0 Å². The van der Waals surface area contributed by atoms with Gasteiger partial charge in [-0.2, -0.15) is 0 Å². The van der Waals surface area contributed by atoms with Crippen LogP contribution in [0.25, 0.3) is 10.8 Å². The Morgan fingerprint density at radius 1 is 1.04 bits per heavy atom. The van der Waals surface area contributed by atoms with Crippen LogP contribution in [-0.2, 0) is 11.2 Å². The van der Waals surface area contributed by atoms with Gasteiger partial charge in [-0.25, -0.2) is 0 Å². The smallest absolute Gasteiger partial charge is 0.119 e. The third-order valence-electron chi connectivity index (χ3n) is 7.63. The highest BCUT2D eigenvalue weighted by Gasteiger charge is 2.56.